The van der Waals surface area contributed by atoms with Gasteiger partial charge in [0.25, 0.3) is 0 Å². The third kappa shape index (κ3) is 5.45. The number of rotatable bonds is 6. The minimum absolute atomic E-state index is 0.0505. The van der Waals surface area contributed by atoms with Crippen LogP contribution in [0, 0.1) is 0 Å². The zero-order valence-electron chi connectivity index (χ0n) is 48.6. The lowest BCUT2D eigenvalue weighted by Gasteiger charge is -2.14. The van der Waals surface area contributed by atoms with Gasteiger partial charge < -0.3 is 8.98 Å². The molecule has 0 saturated carbocycles. The molecule has 0 bridgehead atoms. The Kier molecular flexibility index (Phi) is 4.12. The van der Waals surface area contributed by atoms with E-state index in [1.165, 1.54) is 0 Å². The van der Waals surface area contributed by atoms with E-state index in [0.717, 1.165) is 15.3 Å². The molecular formula is C51H32N4O. The average molecular weight is 737 g/mol. The molecule has 0 spiro atoms. The Morgan fingerprint density at radius 1 is 0.393 bits per heavy atom. The van der Waals surface area contributed by atoms with Crippen molar-refractivity contribution in [3.8, 4) is 62.1 Å². The molecule has 0 fully saturated rings. The molecule has 5 nitrogen and oxygen atoms in total. The first kappa shape index (κ1) is 17.7. The number of nitrogens with zero attached hydrogens (tertiary/aromatic N) is 4. The molecule has 0 atom stereocenters. The zero-order valence-corrected chi connectivity index (χ0v) is 28.6. The van der Waals surface area contributed by atoms with Crippen LogP contribution in [0.1, 0.15) is 27.4 Å². The van der Waals surface area contributed by atoms with Gasteiger partial charge in [-0.1, -0.05) is 133 Å². The highest BCUT2D eigenvalue weighted by atomic mass is 16.3. The van der Waals surface area contributed by atoms with Crippen LogP contribution in [0.4, 0.5) is 0 Å². The summed E-state index contributed by atoms with van der Waals surface area (Å²) in [6.45, 7) is 0. The number of hydrogen-bond acceptors (Lipinski definition) is 4. The largest absolute Gasteiger partial charge is 0.456 e. The molecule has 11 aromatic rings. The van der Waals surface area contributed by atoms with Gasteiger partial charge in [0.15, 0.2) is 17.5 Å². The summed E-state index contributed by atoms with van der Waals surface area (Å²) in [5.74, 6) is -0.184. The number of benzene rings is 8. The predicted molar refractivity (Wildman–Crippen MR) is 229 cm³/mol. The maximum atomic E-state index is 10.00. The van der Waals surface area contributed by atoms with E-state index >= 15 is 0 Å². The summed E-state index contributed by atoms with van der Waals surface area (Å²) in [4.78, 5) is 14.3. The molecule has 56 heavy (non-hydrogen) atoms. The molecule has 0 aliphatic rings. The van der Waals surface area contributed by atoms with Gasteiger partial charge in [-0.3, -0.25) is 0 Å². The van der Waals surface area contributed by atoms with Gasteiger partial charge in [0.05, 0.1) is 38.4 Å². The molecule has 262 valence electrons. The van der Waals surface area contributed by atoms with Crippen LogP contribution >= 0.6 is 0 Å². The van der Waals surface area contributed by atoms with Crippen LogP contribution in [-0.2, 0) is 0 Å². The Bertz CT molecular complexity index is 4270. The van der Waals surface area contributed by atoms with E-state index in [0.29, 0.717) is 22.3 Å². The first-order chi connectivity index (χ1) is 36.1. The molecule has 0 aliphatic carbocycles. The number of hydrogen-bond donors (Lipinski definition) is 0. The van der Waals surface area contributed by atoms with Crippen LogP contribution in [0.25, 0.3) is 106 Å². The normalized spacial score (nSPS) is 16.6. The van der Waals surface area contributed by atoms with E-state index in [4.69, 9.17) is 35.8 Å². The Labute approximate surface area is 350 Å². The number of para-hydroxylation sites is 2. The zero-order chi connectivity index (χ0) is 54.4. The first-order valence-corrected chi connectivity index (χ1v) is 17.1. The summed E-state index contributed by atoms with van der Waals surface area (Å²) in [6.07, 6.45) is 0. The fraction of sp³-hybridized carbons (Fsp3) is 0. The highest BCUT2D eigenvalue weighted by Gasteiger charge is 2.18. The van der Waals surface area contributed by atoms with Crippen LogP contribution in [0.15, 0.2) is 198 Å². The summed E-state index contributed by atoms with van der Waals surface area (Å²) in [7, 11) is 0. The van der Waals surface area contributed by atoms with Gasteiger partial charge in [0, 0.05) is 43.9 Å². The molecule has 0 unspecified atom stereocenters. The highest BCUT2D eigenvalue weighted by molar-refractivity contribution is 6.10. The van der Waals surface area contributed by atoms with E-state index in [9.17, 15) is 11.0 Å². The second-order valence-electron chi connectivity index (χ2n) is 12.5. The van der Waals surface area contributed by atoms with E-state index in [1.807, 2.05) is 30.3 Å². The van der Waals surface area contributed by atoms with E-state index in [2.05, 4.69) is 0 Å². The minimum atomic E-state index is -1.01. The maximum Gasteiger partial charge on any atom is 0.164 e. The average Bonchev–Trinajstić information content (AvgIpc) is 4.12. The van der Waals surface area contributed by atoms with Crippen LogP contribution in [-0.4, -0.2) is 19.5 Å². The molecule has 5 heteroatoms. The monoisotopic (exact) mass is 736 g/mol. The molecule has 8 aromatic carbocycles. The quantitative estimate of drug-likeness (QED) is 0.171. The van der Waals surface area contributed by atoms with Crippen LogP contribution in [0.5, 0.6) is 0 Å². The van der Waals surface area contributed by atoms with Gasteiger partial charge in [-0.05, 0) is 82.7 Å². The molecule has 0 radical (unpaired) electrons. The lowest BCUT2D eigenvalue weighted by atomic mass is 9.98. The Morgan fingerprint density at radius 3 is 1.75 bits per heavy atom. The van der Waals surface area contributed by atoms with Gasteiger partial charge in [-0.25, -0.2) is 15.0 Å². The summed E-state index contributed by atoms with van der Waals surface area (Å²) in [6, 6.07) is 3.75. The molecule has 0 saturated heterocycles. The smallest absolute Gasteiger partial charge is 0.164 e. The summed E-state index contributed by atoms with van der Waals surface area (Å²) < 4.78 is 189. The fourth-order valence-corrected chi connectivity index (χ4v) is 6.62. The predicted octanol–water partition coefficient (Wildman–Crippen LogP) is 13.2. The lowest BCUT2D eigenvalue weighted by Crippen LogP contribution is -2.00. The van der Waals surface area contributed by atoms with Crippen molar-refractivity contribution in [1.82, 2.24) is 19.5 Å². The van der Waals surface area contributed by atoms with Crippen LogP contribution < -0.4 is 0 Å². The molecule has 0 amide bonds. The van der Waals surface area contributed by atoms with Crippen LogP contribution in [0.3, 0.4) is 0 Å². The highest BCUT2D eigenvalue weighted by Crippen LogP contribution is 2.38. The standard InChI is InChI=1S/C51H32N4O/c1-4-14-33(15-5-1)38-28-39(34-16-6-2-7-17-34)30-40(29-38)55-45-22-12-10-20-41(45)44-31-36(25-27-46(44)55)50-52-49(35-18-8-3-9-19-35)53-51(54-50)37-24-26-43-42-21-11-13-23-47(42)56-48(43)32-37/h1-32H/i1D,2D,4D,5D,6D,7D,10D,12D,14D,15D,16D,17D,20D,22D,25D,27D,28D,29D,30D,31D. The SMILES string of the molecule is [2H]c1c([2H])c([2H])c(-c2c([2H])c(-c3c([2H])c([2H])c([2H])c([2H])c3[2H])c([2H])c(-n3c4c([2H])c([2H])c([2H])c([2H])c4c4c([2H])c(-c5nc(-c6ccccc6)nc(-c6ccc7c(c6)oc6ccccc67)n5)c([2H])c([2H])c43)c2[2H])c([2H])c1[2H]. The van der Waals surface area contributed by atoms with Crippen molar-refractivity contribution in [2.24, 2.45) is 0 Å². The lowest BCUT2D eigenvalue weighted by molar-refractivity contribution is 0.669. The molecule has 3 heterocycles. The van der Waals surface area contributed by atoms with Crippen molar-refractivity contribution in [2.45, 2.75) is 0 Å². The number of aromatic nitrogens is 4. The Balaban J connectivity index is 1.30. The third-order valence-corrected chi connectivity index (χ3v) is 9.15. The van der Waals surface area contributed by atoms with Gasteiger partial charge in [0.2, 0.25) is 0 Å². The van der Waals surface area contributed by atoms with Crippen molar-refractivity contribution in [2.75, 3.05) is 0 Å². The van der Waals surface area contributed by atoms with Crippen molar-refractivity contribution < 1.29 is 31.8 Å². The molecule has 11 rings (SSSR count). The first-order valence-electron chi connectivity index (χ1n) is 27.1. The van der Waals surface area contributed by atoms with Crippen molar-refractivity contribution in [3.63, 3.8) is 0 Å². The summed E-state index contributed by atoms with van der Waals surface area (Å²) >= 11 is 0. The van der Waals surface area contributed by atoms with Gasteiger partial charge in [-0.15, -0.1) is 0 Å². The summed E-state index contributed by atoms with van der Waals surface area (Å²) in [5, 5.41) is 0.759. The Hall–Kier alpha value is -7.63. The summed E-state index contributed by atoms with van der Waals surface area (Å²) in [5.41, 5.74) is -3.59. The maximum absolute atomic E-state index is 10.00. The number of furan rings is 1. The minimum Gasteiger partial charge on any atom is -0.456 e. The van der Waals surface area contributed by atoms with Gasteiger partial charge >= 0.3 is 0 Å². The van der Waals surface area contributed by atoms with Crippen molar-refractivity contribution in [1.29, 1.82) is 0 Å². The van der Waals surface area contributed by atoms with Gasteiger partial charge in [-0.2, -0.15) is 0 Å². The van der Waals surface area contributed by atoms with Crippen LogP contribution in [0.2, 0.25) is 0 Å². The molecular weight excluding hydrogens is 685 g/mol. The van der Waals surface area contributed by atoms with Crippen molar-refractivity contribution >= 4 is 43.7 Å². The van der Waals surface area contributed by atoms with Crippen molar-refractivity contribution in [3.05, 3.63) is 194 Å². The number of fused-ring (bicyclic) bond motifs is 6. The van der Waals surface area contributed by atoms with E-state index in [1.54, 1.807) is 42.5 Å². The molecule has 0 N–H and O–H groups in total. The van der Waals surface area contributed by atoms with E-state index < -0.39 is 176 Å². The Morgan fingerprint density at radius 2 is 1.00 bits per heavy atom. The third-order valence-electron chi connectivity index (χ3n) is 9.15. The molecule has 3 aromatic heterocycles. The fourth-order valence-electron chi connectivity index (χ4n) is 6.62. The second kappa shape index (κ2) is 13.0. The topological polar surface area (TPSA) is 56.7 Å². The molecule has 0 aliphatic heterocycles. The van der Waals surface area contributed by atoms with Gasteiger partial charge in [0.1, 0.15) is 11.2 Å². The van der Waals surface area contributed by atoms with E-state index in [-0.39, 0.29) is 17.5 Å². The second-order valence-corrected chi connectivity index (χ2v) is 12.5.